The van der Waals surface area contributed by atoms with E-state index in [0.29, 0.717) is 5.89 Å². The molecule has 3 nitrogen and oxygen atoms in total. The van der Waals surface area contributed by atoms with Gasteiger partial charge in [0.1, 0.15) is 11.9 Å². The number of benzene rings is 1. The Labute approximate surface area is 82.0 Å². The molecule has 2 rings (SSSR count). The highest BCUT2D eigenvalue weighted by atomic mass is 16.3. The monoisotopic (exact) mass is 186 g/mol. The minimum atomic E-state index is 0.229. The van der Waals surface area contributed by atoms with E-state index in [1.165, 1.54) is 11.1 Å². The number of aromatic nitrogens is 1. The molecule has 0 radical (unpaired) electrons. The molecule has 3 heteroatoms. The molecule has 0 saturated carbocycles. The van der Waals surface area contributed by atoms with E-state index in [-0.39, 0.29) is 6.42 Å². The molecule has 0 aliphatic carbocycles. The molecule has 0 saturated heterocycles. The van der Waals surface area contributed by atoms with Gasteiger partial charge in [0.15, 0.2) is 5.58 Å². The molecule has 0 bridgehead atoms. The van der Waals surface area contributed by atoms with Gasteiger partial charge in [0.2, 0.25) is 5.89 Å². The fraction of sp³-hybridized carbons (Fsp3) is 0.273. The first-order valence-corrected chi connectivity index (χ1v) is 4.44. The number of nitrogens with zero attached hydrogens (tertiary/aromatic N) is 2. The summed E-state index contributed by atoms with van der Waals surface area (Å²) in [7, 11) is 0. The minimum Gasteiger partial charge on any atom is -0.440 e. The van der Waals surface area contributed by atoms with Crippen LogP contribution in [0.2, 0.25) is 0 Å². The molecule has 0 unspecified atom stereocenters. The van der Waals surface area contributed by atoms with E-state index < -0.39 is 0 Å². The zero-order chi connectivity index (χ0) is 10.1. The number of oxazole rings is 1. The largest absolute Gasteiger partial charge is 0.440 e. The average molecular weight is 186 g/mol. The van der Waals surface area contributed by atoms with Crippen molar-refractivity contribution in [2.24, 2.45) is 0 Å². The van der Waals surface area contributed by atoms with Crippen LogP contribution in [0.5, 0.6) is 0 Å². The van der Waals surface area contributed by atoms with Crippen LogP contribution in [-0.4, -0.2) is 4.98 Å². The second-order valence-electron chi connectivity index (χ2n) is 3.35. The molecule has 0 N–H and O–H groups in total. The third kappa shape index (κ3) is 1.35. The first-order chi connectivity index (χ1) is 6.70. The van der Waals surface area contributed by atoms with Gasteiger partial charge in [-0.25, -0.2) is 4.98 Å². The average Bonchev–Trinajstić information content (AvgIpc) is 2.48. The fourth-order valence-electron chi connectivity index (χ4n) is 1.37. The van der Waals surface area contributed by atoms with Crippen molar-refractivity contribution in [2.45, 2.75) is 20.3 Å². The third-order valence-corrected chi connectivity index (χ3v) is 2.28. The Morgan fingerprint density at radius 1 is 1.36 bits per heavy atom. The number of nitriles is 1. The van der Waals surface area contributed by atoms with Crippen molar-refractivity contribution in [2.75, 3.05) is 0 Å². The predicted octanol–water partition coefficient (Wildman–Crippen LogP) is 2.51. The van der Waals surface area contributed by atoms with Gasteiger partial charge in [0, 0.05) is 0 Å². The highest BCUT2D eigenvalue weighted by Crippen LogP contribution is 2.20. The molecule has 0 atom stereocenters. The summed E-state index contributed by atoms with van der Waals surface area (Å²) in [5.74, 6) is 0.493. The van der Waals surface area contributed by atoms with Crippen LogP contribution in [0.3, 0.4) is 0 Å². The SMILES string of the molecule is Cc1cc2nc(CC#N)oc2cc1C. The van der Waals surface area contributed by atoms with Crippen molar-refractivity contribution >= 4 is 11.1 Å². The number of hydrogen-bond donors (Lipinski definition) is 0. The Morgan fingerprint density at radius 2 is 2.07 bits per heavy atom. The summed E-state index contributed by atoms with van der Waals surface area (Å²) in [6.07, 6.45) is 0.229. The Kier molecular flexibility index (Phi) is 1.97. The molecule has 0 aliphatic rings. The normalized spacial score (nSPS) is 10.4. The van der Waals surface area contributed by atoms with Crippen molar-refractivity contribution in [3.8, 4) is 6.07 Å². The molecule has 0 fully saturated rings. The van der Waals surface area contributed by atoms with Crippen LogP contribution in [0.25, 0.3) is 11.1 Å². The highest BCUT2D eigenvalue weighted by Gasteiger charge is 2.06. The van der Waals surface area contributed by atoms with Crippen LogP contribution in [-0.2, 0) is 6.42 Å². The van der Waals surface area contributed by atoms with Crippen molar-refractivity contribution in [1.82, 2.24) is 4.98 Å². The summed E-state index contributed by atoms with van der Waals surface area (Å²) in [5.41, 5.74) is 3.96. The van der Waals surface area contributed by atoms with E-state index in [0.717, 1.165) is 11.1 Å². The molecule has 70 valence electrons. The summed E-state index contributed by atoms with van der Waals surface area (Å²) in [4.78, 5) is 4.22. The molecule has 1 aromatic heterocycles. The Morgan fingerprint density at radius 3 is 2.79 bits per heavy atom. The van der Waals surface area contributed by atoms with Crippen LogP contribution < -0.4 is 0 Å². The summed E-state index contributed by atoms with van der Waals surface area (Å²) >= 11 is 0. The molecule has 14 heavy (non-hydrogen) atoms. The van der Waals surface area contributed by atoms with Crippen LogP contribution in [0.1, 0.15) is 17.0 Å². The lowest BCUT2D eigenvalue weighted by Gasteiger charge is -1.96. The zero-order valence-electron chi connectivity index (χ0n) is 8.16. The first-order valence-electron chi connectivity index (χ1n) is 4.44. The number of fused-ring (bicyclic) bond motifs is 1. The molecule has 0 spiro atoms. The van der Waals surface area contributed by atoms with Crippen molar-refractivity contribution in [3.05, 3.63) is 29.2 Å². The van der Waals surface area contributed by atoms with Gasteiger partial charge in [0.05, 0.1) is 6.07 Å². The molecule has 1 aromatic carbocycles. The van der Waals surface area contributed by atoms with Crippen molar-refractivity contribution in [3.63, 3.8) is 0 Å². The lowest BCUT2D eigenvalue weighted by Crippen LogP contribution is -1.80. The van der Waals surface area contributed by atoms with Crippen LogP contribution in [0, 0.1) is 25.2 Å². The van der Waals surface area contributed by atoms with E-state index in [4.69, 9.17) is 9.68 Å². The molecule has 1 heterocycles. The first kappa shape index (κ1) is 8.76. The summed E-state index contributed by atoms with van der Waals surface area (Å²) in [6, 6.07) is 5.96. The second-order valence-corrected chi connectivity index (χ2v) is 3.35. The Balaban J connectivity index is 2.61. The van der Waals surface area contributed by atoms with Gasteiger partial charge in [-0.2, -0.15) is 5.26 Å². The summed E-state index contributed by atoms with van der Waals surface area (Å²) in [5, 5.41) is 8.50. The quantitative estimate of drug-likeness (QED) is 0.687. The van der Waals surface area contributed by atoms with Crippen LogP contribution >= 0.6 is 0 Å². The lowest BCUT2D eigenvalue weighted by molar-refractivity contribution is 0.548. The standard InChI is InChI=1S/C11H10N2O/c1-7-5-9-10(6-8(7)2)14-11(13-9)3-4-12/h5-6H,3H2,1-2H3. The van der Waals surface area contributed by atoms with Crippen LogP contribution in [0.15, 0.2) is 16.5 Å². The molecule has 2 aromatic rings. The maximum Gasteiger partial charge on any atom is 0.209 e. The predicted molar refractivity (Wildman–Crippen MR) is 52.8 cm³/mol. The maximum absolute atomic E-state index is 8.50. The molecular weight excluding hydrogens is 176 g/mol. The van der Waals surface area contributed by atoms with Gasteiger partial charge in [-0.3, -0.25) is 0 Å². The van der Waals surface area contributed by atoms with E-state index >= 15 is 0 Å². The van der Waals surface area contributed by atoms with Crippen molar-refractivity contribution in [1.29, 1.82) is 5.26 Å². The number of hydrogen-bond acceptors (Lipinski definition) is 3. The van der Waals surface area contributed by atoms with Gasteiger partial charge in [-0.15, -0.1) is 0 Å². The van der Waals surface area contributed by atoms with Gasteiger partial charge >= 0.3 is 0 Å². The van der Waals surface area contributed by atoms with E-state index in [9.17, 15) is 0 Å². The second kappa shape index (κ2) is 3.15. The maximum atomic E-state index is 8.50. The van der Waals surface area contributed by atoms with Gasteiger partial charge in [-0.1, -0.05) is 0 Å². The van der Waals surface area contributed by atoms with E-state index in [1.54, 1.807) is 0 Å². The lowest BCUT2D eigenvalue weighted by atomic mass is 10.1. The summed E-state index contributed by atoms with van der Waals surface area (Å²) < 4.78 is 5.41. The Bertz CT molecular complexity index is 481. The van der Waals surface area contributed by atoms with Crippen LogP contribution in [0.4, 0.5) is 0 Å². The third-order valence-electron chi connectivity index (χ3n) is 2.28. The number of rotatable bonds is 1. The van der Waals surface area contributed by atoms with E-state index in [1.807, 2.05) is 32.0 Å². The minimum absolute atomic E-state index is 0.229. The smallest absolute Gasteiger partial charge is 0.209 e. The molecule has 0 amide bonds. The van der Waals surface area contributed by atoms with Gasteiger partial charge < -0.3 is 4.42 Å². The summed E-state index contributed by atoms with van der Waals surface area (Å²) in [6.45, 7) is 4.06. The highest BCUT2D eigenvalue weighted by molar-refractivity contribution is 5.74. The molecular formula is C11H10N2O. The zero-order valence-corrected chi connectivity index (χ0v) is 8.16. The number of aryl methyl sites for hydroxylation is 2. The fourth-order valence-corrected chi connectivity index (χ4v) is 1.37. The van der Waals surface area contributed by atoms with Gasteiger partial charge in [-0.05, 0) is 37.1 Å². The topological polar surface area (TPSA) is 49.8 Å². The van der Waals surface area contributed by atoms with Crippen molar-refractivity contribution < 1.29 is 4.42 Å². The van der Waals surface area contributed by atoms with Gasteiger partial charge in [0.25, 0.3) is 0 Å². The van der Waals surface area contributed by atoms with E-state index in [2.05, 4.69) is 4.98 Å². The Hall–Kier alpha value is -1.82. The molecule has 0 aliphatic heterocycles.